The van der Waals surface area contributed by atoms with Crippen LogP contribution in [0.2, 0.25) is 6.04 Å². The average molecular weight is 370 g/mol. The van der Waals surface area contributed by atoms with Gasteiger partial charge in [-0.05, 0) is 25.0 Å². The highest BCUT2D eigenvalue weighted by molar-refractivity contribution is 8.12. The second kappa shape index (κ2) is 13.2. The van der Waals surface area contributed by atoms with Gasteiger partial charge in [0.05, 0.1) is 0 Å². The minimum Gasteiger partial charge on any atom is -0.400 e. The lowest BCUT2D eigenvalue weighted by Crippen LogP contribution is -2.27. The van der Waals surface area contributed by atoms with Crippen LogP contribution >= 0.6 is 11.8 Å². The van der Waals surface area contributed by atoms with Crippen molar-refractivity contribution in [1.29, 1.82) is 0 Å². The van der Waals surface area contributed by atoms with Crippen LogP contribution in [0.5, 0.6) is 0 Å². The number of hydrogen-bond donors (Lipinski definition) is 1. The summed E-state index contributed by atoms with van der Waals surface area (Å²) < 4.78 is 10.8. The Morgan fingerprint density at radius 2 is 1.96 bits per heavy atom. The number of carbonyl (C=O) groups is 2. The van der Waals surface area contributed by atoms with Gasteiger partial charge in [-0.3, -0.25) is 9.59 Å². The third-order valence-corrected chi connectivity index (χ3v) is 6.47. The molecule has 7 heteroatoms. The second-order valence-electron chi connectivity index (χ2n) is 5.26. The third kappa shape index (κ3) is 9.87. The van der Waals surface area contributed by atoms with Crippen molar-refractivity contribution in [3.05, 3.63) is 35.9 Å². The third-order valence-electron chi connectivity index (χ3n) is 3.35. The first-order chi connectivity index (χ1) is 11.7. The van der Waals surface area contributed by atoms with E-state index in [4.69, 9.17) is 8.85 Å². The first-order valence-corrected chi connectivity index (χ1v) is 11.0. The van der Waals surface area contributed by atoms with Gasteiger partial charge in [0.1, 0.15) is 0 Å². The molecule has 0 aliphatic heterocycles. The molecule has 0 aliphatic carbocycles. The van der Waals surface area contributed by atoms with Crippen molar-refractivity contribution in [2.75, 3.05) is 20.3 Å². The van der Waals surface area contributed by atoms with E-state index >= 15 is 0 Å². The average Bonchev–Trinajstić information content (AvgIpc) is 2.61. The molecule has 1 atom stereocenters. The van der Waals surface area contributed by atoms with Crippen LogP contribution in [0.3, 0.4) is 0 Å². The molecule has 0 aliphatic rings. The summed E-state index contributed by atoms with van der Waals surface area (Å²) in [6, 6.07) is 10.7. The predicted octanol–water partition coefficient (Wildman–Crippen LogP) is 2.64. The van der Waals surface area contributed by atoms with Crippen molar-refractivity contribution in [2.45, 2.75) is 38.0 Å². The van der Waals surface area contributed by atoms with Gasteiger partial charge in [-0.25, -0.2) is 0 Å². The molecule has 0 heterocycles. The fraction of sp³-hybridized carbons (Fsp3) is 0.529. The number of hydrogen-bond acceptors (Lipinski definition) is 5. The van der Waals surface area contributed by atoms with E-state index in [9.17, 15) is 9.59 Å². The highest BCUT2D eigenvalue weighted by Crippen LogP contribution is 2.15. The number of rotatable bonds is 12. The van der Waals surface area contributed by atoms with E-state index in [1.165, 1.54) is 11.8 Å². The van der Waals surface area contributed by atoms with E-state index in [2.05, 4.69) is 5.32 Å². The largest absolute Gasteiger partial charge is 0.400 e. The van der Waals surface area contributed by atoms with Crippen molar-refractivity contribution in [3.8, 4) is 0 Å². The minimum atomic E-state index is -1.56. The zero-order valence-electron chi connectivity index (χ0n) is 14.5. The lowest BCUT2D eigenvalue weighted by Gasteiger charge is -2.12. The Bertz CT molecular complexity index is 487. The summed E-state index contributed by atoms with van der Waals surface area (Å²) >= 11 is 1.27. The van der Waals surface area contributed by atoms with Gasteiger partial charge in [0.25, 0.3) is 0 Å². The molecule has 0 saturated heterocycles. The summed E-state index contributed by atoms with van der Waals surface area (Å²) in [7, 11) is 0.114. The van der Waals surface area contributed by atoms with Gasteiger partial charge in [-0.1, -0.05) is 42.1 Å². The maximum atomic E-state index is 11.8. The van der Waals surface area contributed by atoms with Crippen molar-refractivity contribution in [2.24, 2.45) is 0 Å². The van der Waals surface area contributed by atoms with Gasteiger partial charge >= 0.3 is 9.28 Å². The van der Waals surface area contributed by atoms with E-state index in [-0.39, 0.29) is 23.9 Å². The van der Waals surface area contributed by atoms with Crippen LogP contribution in [0.15, 0.2) is 30.3 Å². The van der Waals surface area contributed by atoms with Crippen LogP contribution in [0.4, 0.5) is 0 Å². The van der Waals surface area contributed by atoms with Crippen molar-refractivity contribution in [1.82, 2.24) is 5.32 Å². The molecule has 1 rings (SSSR count). The molecular formula is C17H27NO4SSi. The zero-order chi connectivity index (χ0) is 17.6. The SMILES string of the molecule is CCO[SiH](CCCNC(=O)CCC(=O)SCc1ccccc1)OC. The van der Waals surface area contributed by atoms with Crippen LogP contribution < -0.4 is 5.32 Å². The number of amides is 1. The summed E-state index contributed by atoms with van der Waals surface area (Å²) in [6.45, 7) is 3.22. The number of benzene rings is 1. The molecule has 0 saturated carbocycles. The lowest BCUT2D eigenvalue weighted by molar-refractivity contribution is -0.123. The highest BCUT2D eigenvalue weighted by Gasteiger charge is 2.11. The number of thioether (sulfide) groups is 1. The van der Waals surface area contributed by atoms with Gasteiger partial charge in [-0.15, -0.1) is 0 Å². The Morgan fingerprint density at radius 1 is 1.21 bits per heavy atom. The molecule has 0 fully saturated rings. The Balaban J connectivity index is 2.07. The van der Waals surface area contributed by atoms with E-state index in [0.29, 0.717) is 18.9 Å². The van der Waals surface area contributed by atoms with E-state index in [0.717, 1.165) is 18.0 Å². The molecular weight excluding hydrogens is 342 g/mol. The fourth-order valence-corrected chi connectivity index (χ4v) is 4.28. The topological polar surface area (TPSA) is 64.6 Å². The summed E-state index contributed by atoms with van der Waals surface area (Å²) in [4.78, 5) is 23.5. The highest BCUT2D eigenvalue weighted by atomic mass is 32.2. The van der Waals surface area contributed by atoms with E-state index in [1.54, 1.807) is 7.11 Å². The van der Waals surface area contributed by atoms with Crippen LogP contribution in [0.25, 0.3) is 0 Å². The lowest BCUT2D eigenvalue weighted by atomic mass is 10.2. The first kappa shape index (κ1) is 20.9. The standard InChI is InChI=1S/C17H27NO4SSi/c1-3-22-24(21-2)13-7-12-18-16(19)10-11-17(20)23-14-15-8-5-4-6-9-15/h4-6,8-9,24H,3,7,10-14H2,1-2H3,(H,18,19). The Kier molecular flexibility index (Phi) is 11.5. The molecule has 1 amide bonds. The molecule has 134 valence electrons. The fourth-order valence-electron chi connectivity index (χ4n) is 2.07. The normalized spacial score (nSPS) is 11.9. The van der Waals surface area contributed by atoms with Crippen molar-refractivity contribution < 1.29 is 18.4 Å². The molecule has 1 unspecified atom stereocenters. The summed E-state index contributed by atoms with van der Waals surface area (Å²) in [5.74, 6) is 0.581. The Labute approximate surface area is 150 Å². The van der Waals surface area contributed by atoms with Crippen LogP contribution in [0.1, 0.15) is 31.7 Å². The van der Waals surface area contributed by atoms with Gasteiger partial charge in [-0.2, -0.15) is 0 Å². The zero-order valence-corrected chi connectivity index (χ0v) is 16.4. The molecule has 0 aromatic heterocycles. The molecule has 1 aromatic rings. The minimum absolute atomic E-state index is 0.0530. The maximum Gasteiger partial charge on any atom is 0.321 e. The van der Waals surface area contributed by atoms with Gasteiger partial charge in [0.2, 0.25) is 5.91 Å². The molecule has 1 N–H and O–H groups in total. The monoisotopic (exact) mass is 369 g/mol. The summed E-state index contributed by atoms with van der Waals surface area (Å²) in [5, 5.41) is 2.90. The van der Waals surface area contributed by atoms with Crippen LogP contribution in [-0.2, 0) is 24.2 Å². The molecule has 0 bridgehead atoms. The van der Waals surface area contributed by atoms with Gasteiger partial charge < -0.3 is 14.2 Å². The quantitative estimate of drug-likeness (QED) is 0.453. The molecule has 24 heavy (non-hydrogen) atoms. The molecule has 1 aromatic carbocycles. The number of nitrogens with one attached hydrogen (secondary N) is 1. The van der Waals surface area contributed by atoms with Crippen molar-refractivity contribution in [3.63, 3.8) is 0 Å². The summed E-state index contributed by atoms with van der Waals surface area (Å²) in [5.41, 5.74) is 1.12. The smallest absolute Gasteiger partial charge is 0.321 e. The van der Waals surface area contributed by atoms with Gasteiger partial charge in [0, 0.05) is 38.9 Å². The number of carbonyl (C=O) groups excluding carboxylic acids is 2. The predicted molar refractivity (Wildman–Crippen MR) is 100 cm³/mol. The van der Waals surface area contributed by atoms with Crippen molar-refractivity contribution >= 4 is 32.1 Å². The van der Waals surface area contributed by atoms with Gasteiger partial charge in [0.15, 0.2) is 5.12 Å². The van der Waals surface area contributed by atoms with Crippen LogP contribution in [0, 0.1) is 0 Å². The summed E-state index contributed by atoms with van der Waals surface area (Å²) in [6.07, 6.45) is 1.36. The second-order valence-corrected chi connectivity index (χ2v) is 8.53. The Hall–Kier alpha value is -1.15. The van der Waals surface area contributed by atoms with E-state index in [1.807, 2.05) is 37.3 Å². The maximum absolute atomic E-state index is 11.8. The molecule has 5 nitrogen and oxygen atoms in total. The Morgan fingerprint density at radius 3 is 2.62 bits per heavy atom. The first-order valence-electron chi connectivity index (χ1n) is 8.26. The molecule has 0 radical (unpaired) electrons. The molecule has 0 spiro atoms. The van der Waals surface area contributed by atoms with Crippen LogP contribution in [-0.4, -0.2) is 40.6 Å². The van der Waals surface area contributed by atoms with E-state index < -0.39 is 9.28 Å².